The summed E-state index contributed by atoms with van der Waals surface area (Å²) >= 11 is 0. The molecule has 17 heavy (non-hydrogen) atoms. The maximum atomic E-state index is 5.57. The highest BCUT2D eigenvalue weighted by Crippen LogP contribution is 2.39. The number of fused-ring (bicyclic) bond motifs is 1. The van der Waals surface area contributed by atoms with Crippen molar-refractivity contribution in [3.05, 3.63) is 29.3 Å². The Bertz CT molecular complexity index is 398. The topological polar surface area (TPSA) is 21.3 Å². The molecule has 1 aliphatic heterocycles. The molecular weight excluding hydrogens is 210 g/mol. The van der Waals surface area contributed by atoms with Crippen molar-refractivity contribution in [2.45, 2.75) is 38.6 Å². The Morgan fingerprint density at radius 3 is 3.00 bits per heavy atom. The van der Waals surface area contributed by atoms with Crippen LogP contribution in [-0.4, -0.2) is 13.2 Å². The molecule has 3 rings (SSSR count). The van der Waals surface area contributed by atoms with E-state index in [1.807, 2.05) is 0 Å². The predicted molar refractivity (Wildman–Crippen MR) is 69.4 cm³/mol. The quantitative estimate of drug-likeness (QED) is 0.860. The van der Waals surface area contributed by atoms with E-state index in [1.54, 1.807) is 0 Å². The molecule has 1 fully saturated rings. The normalized spacial score (nSPS) is 20.5. The molecule has 2 heteroatoms. The van der Waals surface area contributed by atoms with E-state index in [1.165, 1.54) is 30.4 Å². The zero-order chi connectivity index (χ0) is 11.7. The highest BCUT2D eigenvalue weighted by Gasteiger charge is 2.28. The van der Waals surface area contributed by atoms with Crippen molar-refractivity contribution in [2.24, 2.45) is 5.92 Å². The third-order valence-electron chi connectivity index (χ3n) is 4.12. The lowest BCUT2D eigenvalue weighted by Crippen LogP contribution is -2.32. The van der Waals surface area contributed by atoms with Gasteiger partial charge in [0.1, 0.15) is 5.75 Å². The van der Waals surface area contributed by atoms with E-state index in [2.05, 4.69) is 30.4 Å². The molecule has 0 aromatic heterocycles. The van der Waals surface area contributed by atoms with Crippen LogP contribution in [0.15, 0.2) is 18.2 Å². The summed E-state index contributed by atoms with van der Waals surface area (Å²) in [6, 6.07) is 7.31. The zero-order valence-corrected chi connectivity index (χ0v) is 10.5. The second-order valence-corrected chi connectivity index (χ2v) is 5.19. The maximum Gasteiger partial charge on any atom is 0.122 e. The SMILES string of the molecule is CCNC(c1ccc2c(c1)CCO2)C1CCC1. The fourth-order valence-corrected chi connectivity index (χ4v) is 2.95. The summed E-state index contributed by atoms with van der Waals surface area (Å²) in [5.41, 5.74) is 2.85. The van der Waals surface area contributed by atoms with Gasteiger partial charge in [-0.15, -0.1) is 0 Å². The Morgan fingerprint density at radius 1 is 1.41 bits per heavy atom. The first-order chi connectivity index (χ1) is 8.38. The molecule has 2 aliphatic rings. The van der Waals surface area contributed by atoms with Crippen molar-refractivity contribution < 1.29 is 4.74 Å². The summed E-state index contributed by atoms with van der Waals surface area (Å²) in [5.74, 6) is 1.94. The highest BCUT2D eigenvalue weighted by atomic mass is 16.5. The minimum atomic E-state index is 0.555. The highest BCUT2D eigenvalue weighted by molar-refractivity contribution is 5.41. The smallest absolute Gasteiger partial charge is 0.122 e. The van der Waals surface area contributed by atoms with Crippen LogP contribution in [-0.2, 0) is 6.42 Å². The van der Waals surface area contributed by atoms with Crippen LogP contribution in [0.25, 0.3) is 0 Å². The first kappa shape index (κ1) is 11.1. The third kappa shape index (κ3) is 2.06. The van der Waals surface area contributed by atoms with Crippen LogP contribution in [0.1, 0.15) is 43.4 Å². The van der Waals surface area contributed by atoms with Crippen LogP contribution in [0.2, 0.25) is 0 Å². The largest absolute Gasteiger partial charge is 0.493 e. The van der Waals surface area contributed by atoms with Crippen molar-refractivity contribution >= 4 is 0 Å². The average molecular weight is 231 g/mol. The molecule has 0 saturated heterocycles. The predicted octanol–water partition coefficient (Wildman–Crippen LogP) is 3.07. The number of hydrogen-bond acceptors (Lipinski definition) is 2. The fraction of sp³-hybridized carbons (Fsp3) is 0.600. The number of benzene rings is 1. The number of ether oxygens (including phenoxy) is 1. The number of rotatable bonds is 4. The molecule has 1 aliphatic carbocycles. The molecule has 92 valence electrons. The van der Waals surface area contributed by atoms with Crippen molar-refractivity contribution in [1.82, 2.24) is 5.32 Å². The summed E-state index contributed by atoms with van der Waals surface area (Å²) in [5, 5.41) is 3.65. The van der Waals surface area contributed by atoms with Crippen molar-refractivity contribution in [3.8, 4) is 5.75 Å². The van der Waals surface area contributed by atoms with Crippen LogP contribution in [0, 0.1) is 5.92 Å². The molecule has 1 heterocycles. The number of hydrogen-bond donors (Lipinski definition) is 1. The molecule has 1 aromatic rings. The Labute approximate surface area is 103 Å². The standard InChI is InChI=1S/C15H21NO/c1-2-16-15(11-4-3-5-11)13-6-7-14-12(10-13)8-9-17-14/h6-7,10-11,15-16H,2-5,8-9H2,1H3. The lowest BCUT2D eigenvalue weighted by molar-refractivity contribution is 0.233. The molecule has 0 spiro atoms. The molecular formula is C15H21NO. The van der Waals surface area contributed by atoms with E-state index in [0.717, 1.165) is 31.2 Å². The average Bonchev–Trinajstić information content (AvgIpc) is 2.72. The van der Waals surface area contributed by atoms with Crippen LogP contribution < -0.4 is 10.1 Å². The summed E-state index contributed by atoms with van der Waals surface area (Å²) in [6.07, 6.45) is 5.24. The molecule has 1 aromatic carbocycles. The number of nitrogens with one attached hydrogen (secondary N) is 1. The first-order valence-electron chi connectivity index (χ1n) is 6.87. The van der Waals surface area contributed by atoms with Gasteiger partial charge in [0.25, 0.3) is 0 Å². The van der Waals surface area contributed by atoms with Crippen molar-refractivity contribution in [3.63, 3.8) is 0 Å². The lowest BCUT2D eigenvalue weighted by Gasteiger charge is -2.34. The van der Waals surface area contributed by atoms with E-state index in [4.69, 9.17) is 4.74 Å². The monoisotopic (exact) mass is 231 g/mol. The Hall–Kier alpha value is -1.02. The fourth-order valence-electron chi connectivity index (χ4n) is 2.95. The molecule has 0 amide bonds. The summed E-state index contributed by atoms with van der Waals surface area (Å²) in [6.45, 7) is 4.10. The second-order valence-electron chi connectivity index (χ2n) is 5.19. The Balaban J connectivity index is 1.84. The summed E-state index contributed by atoms with van der Waals surface area (Å²) in [4.78, 5) is 0. The molecule has 0 radical (unpaired) electrons. The van der Waals surface area contributed by atoms with Gasteiger partial charge in [0.05, 0.1) is 6.61 Å². The third-order valence-corrected chi connectivity index (χ3v) is 4.12. The van der Waals surface area contributed by atoms with E-state index < -0.39 is 0 Å². The van der Waals surface area contributed by atoms with Gasteiger partial charge in [-0.1, -0.05) is 25.5 Å². The van der Waals surface area contributed by atoms with Crippen LogP contribution >= 0.6 is 0 Å². The minimum Gasteiger partial charge on any atom is -0.493 e. The van der Waals surface area contributed by atoms with Crippen molar-refractivity contribution in [2.75, 3.05) is 13.2 Å². The molecule has 1 unspecified atom stereocenters. The van der Waals surface area contributed by atoms with Gasteiger partial charge < -0.3 is 10.1 Å². The van der Waals surface area contributed by atoms with E-state index in [0.29, 0.717) is 6.04 Å². The summed E-state index contributed by atoms with van der Waals surface area (Å²) < 4.78 is 5.57. The van der Waals surface area contributed by atoms with Gasteiger partial charge in [0.15, 0.2) is 0 Å². The lowest BCUT2D eigenvalue weighted by atomic mass is 9.77. The van der Waals surface area contributed by atoms with Crippen molar-refractivity contribution in [1.29, 1.82) is 0 Å². The second kappa shape index (κ2) is 4.69. The minimum absolute atomic E-state index is 0.555. The molecule has 0 bridgehead atoms. The van der Waals surface area contributed by atoms with Crippen LogP contribution in [0.4, 0.5) is 0 Å². The Morgan fingerprint density at radius 2 is 2.29 bits per heavy atom. The van der Waals surface area contributed by atoms with E-state index in [-0.39, 0.29) is 0 Å². The van der Waals surface area contributed by atoms with Gasteiger partial charge in [-0.2, -0.15) is 0 Å². The molecule has 1 N–H and O–H groups in total. The first-order valence-corrected chi connectivity index (χ1v) is 6.87. The van der Waals surface area contributed by atoms with Gasteiger partial charge in [0.2, 0.25) is 0 Å². The summed E-state index contributed by atoms with van der Waals surface area (Å²) in [7, 11) is 0. The maximum absolute atomic E-state index is 5.57. The van der Waals surface area contributed by atoms with Gasteiger partial charge in [-0.3, -0.25) is 0 Å². The Kier molecular flexibility index (Phi) is 3.06. The van der Waals surface area contributed by atoms with Gasteiger partial charge >= 0.3 is 0 Å². The van der Waals surface area contributed by atoms with E-state index >= 15 is 0 Å². The van der Waals surface area contributed by atoms with Gasteiger partial charge in [-0.05, 0) is 42.5 Å². The zero-order valence-electron chi connectivity index (χ0n) is 10.5. The van der Waals surface area contributed by atoms with Crippen LogP contribution in [0.3, 0.4) is 0 Å². The molecule has 1 atom stereocenters. The van der Waals surface area contributed by atoms with Gasteiger partial charge in [-0.25, -0.2) is 0 Å². The van der Waals surface area contributed by atoms with Gasteiger partial charge in [0, 0.05) is 12.5 Å². The van der Waals surface area contributed by atoms with E-state index in [9.17, 15) is 0 Å². The molecule has 1 saturated carbocycles. The molecule has 2 nitrogen and oxygen atoms in total. The van der Waals surface area contributed by atoms with Crippen LogP contribution in [0.5, 0.6) is 5.75 Å².